The molecule has 6 nitrogen and oxygen atoms in total. The van der Waals surface area contributed by atoms with Crippen LogP contribution in [0.3, 0.4) is 0 Å². The van der Waals surface area contributed by atoms with Gasteiger partial charge >= 0.3 is 0 Å². The zero-order valence-corrected chi connectivity index (χ0v) is 17.7. The van der Waals surface area contributed by atoms with E-state index in [9.17, 15) is 9.59 Å². The van der Waals surface area contributed by atoms with Gasteiger partial charge in [0.25, 0.3) is 0 Å². The molecule has 1 aliphatic heterocycles. The lowest BCUT2D eigenvalue weighted by molar-refractivity contribution is -0.134. The highest BCUT2D eigenvalue weighted by Gasteiger charge is 2.32. The van der Waals surface area contributed by atoms with Crippen LogP contribution in [0.25, 0.3) is 10.1 Å². The Morgan fingerprint density at radius 3 is 2.87 bits per heavy atom. The summed E-state index contributed by atoms with van der Waals surface area (Å²) < 4.78 is 6.64. The maximum Gasteiger partial charge on any atom is 0.237 e. The van der Waals surface area contributed by atoms with Crippen LogP contribution < -0.4 is 15.4 Å². The molecule has 0 radical (unpaired) electrons. The van der Waals surface area contributed by atoms with E-state index in [-0.39, 0.29) is 18.2 Å². The van der Waals surface area contributed by atoms with Gasteiger partial charge in [-0.15, -0.1) is 11.3 Å². The summed E-state index contributed by atoms with van der Waals surface area (Å²) in [6, 6.07) is 17.5. The predicted octanol–water partition coefficient (Wildman–Crippen LogP) is 2.92. The molecule has 156 valence electrons. The molecule has 1 aliphatic rings. The monoisotopic (exact) mass is 423 g/mol. The number of ether oxygens (including phenoxy) is 1. The molecule has 0 aliphatic carbocycles. The third kappa shape index (κ3) is 4.63. The van der Waals surface area contributed by atoms with Crippen LogP contribution in [0, 0.1) is 0 Å². The quantitative estimate of drug-likeness (QED) is 0.613. The molecule has 2 amide bonds. The van der Waals surface area contributed by atoms with E-state index >= 15 is 0 Å². The second kappa shape index (κ2) is 9.28. The first-order valence-electron chi connectivity index (χ1n) is 10.0. The first kappa shape index (κ1) is 20.4. The summed E-state index contributed by atoms with van der Waals surface area (Å²) in [5.41, 5.74) is 1.00. The standard InChI is InChI=1S/C23H25N3O3S/c1-29-20-8-4-2-7-17(20)15-26-11-10-24-23(28)19(26)13-22(27)25-14-18-12-16-6-3-5-9-21(16)30-18/h2-9,12,19H,10-11,13-15H2,1H3,(H,24,28)(H,25,27). The Bertz CT molecular complexity index is 1020. The highest BCUT2D eigenvalue weighted by molar-refractivity contribution is 7.19. The van der Waals surface area contributed by atoms with Crippen molar-refractivity contribution in [2.45, 2.75) is 25.6 Å². The zero-order chi connectivity index (χ0) is 20.9. The third-order valence-electron chi connectivity index (χ3n) is 5.32. The largest absolute Gasteiger partial charge is 0.496 e. The van der Waals surface area contributed by atoms with Crippen LogP contribution in [0.2, 0.25) is 0 Å². The Kier molecular flexibility index (Phi) is 6.30. The molecule has 0 spiro atoms. The molecule has 3 aromatic rings. The lowest BCUT2D eigenvalue weighted by Crippen LogP contribution is -2.56. The second-order valence-corrected chi connectivity index (χ2v) is 8.49. The summed E-state index contributed by atoms with van der Waals surface area (Å²) in [5, 5.41) is 7.04. The molecule has 0 bridgehead atoms. The smallest absolute Gasteiger partial charge is 0.237 e. The van der Waals surface area contributed by atoms with Gasteiger partial charge in [-0.05, 0) is 23.6 Å². The number of piperazine rings is 1. The topological polar surface area (TPSA) is 70.7 Å². The molecule has 1 unspecified atom stereocenters. The fourth-order valence-corrected chi connectivity index (χ4v) is 4.79. The van der Waals surface area contributed by atoms with Crippen LogP contribution in [0.4, 0.5) is 0 Å². The van der Waals surface area contributed by atoms with Crippen molar-refractivity contribution >= 4 is 33.2 Å². The van der Waals surface area contributed by atoms with Crippen molar-refractivity contribution in [2.75, 3.05) is 20.2 Å². The van der Waals surface area contributed by atoms with Gasteiger partial charge in [0.05, 0.1) is 26.1 Å². The van der Waals surface area contributed by atoms with Crippen molar-refractivity contribution in [2.24, 2.45) is 0 Å². The molecule has 2 aromatic carbocycles. The number of benzene rings is 2. The van der Waals surface area contributed by atoms with Crippen molar-refractivity contribution in [3.05, 3.63) is 65.0 Å². The number of fused-ring (bicyclic) bond motifs is 1. The number of rotatable bonds is 7. The summed E-state index contributed by atoms with van der Waals surface area (Å²) in [7, 11) is 1.64. The molecule has 4 rings (SSSR count). The van der Waals surface area contributed by atoms with Crippen molar-refractivity contribution < 1.29 is 14.3 Å². The number of thiophene rings is 1. The summed E-state index contributed by atoms with van der Waals surface area (Å²) in [6.07, 6.45) is 0.131. The van der Waals surface area contributed by atoms with Crippen molar-refractivity contribution in [1.82, 2.24) is 15.5 Å². The normalized spacial score (nSPS) is 17.0. The summed E-state index contributed by atoms with van der Waals surface area (Å²) in [5.74, 6) is 0.559. The molecule has 0 saturated carbocycles. The second-order valence-electron chi connectivity index (χ2n) is 7.32. The maximum absolute atomic E-state index is 12.6. The van der Waals surface area contributed by atoms with E-state index in [1.54, 1.807) is 18.4 Å². The Hall–Kier alpha value is -2.90. The van der Waals surface area contributed by atoms with Crippen molar-refractivity contribution in [3.8, 4) is 5.75 Å². The van der Waals surface area contributed by atoms with E-state index in [1.165, 1.54) is 10.1 Å². The van der Waals surface area contributed by atoms with E-state index < -0.39 is 6.04 Å². The van der Waals surface area contributed by atoms with Gasteiger partial charge in [0.1, 0.15) is 5.75 Å². The van der Waals surface area contributed by atoms with Crippen LogP contribution in [0.15, 0.2) is 54.6 Å². The number of nitrogens with one attached hydrogen (secondary N) is 2. The SMILES string of the molecule is COc1ccccc1CN1CCNC(=O)C1CC(=O)NCc1cc2ccccc2s1. The Morgan fingerprint density at radius 1 is 1.23 bits per heavy atom. The first-order valence-corrected chi connectivity index (χ1v) is 10.8. The van der Waals surface area contributed by atoms with Gasteiger partial charge in [-0.2, -0.15) is 0 Å². The average Bonchev–Trinajstić information content (AvgIpc) is 3.18. The molecule has 1 fully saturated rings. The van der Waals surface area contributed by atoms with Gasteiger partial charge in [-0.25, -0.2) is 0 Å². The number of hydrogen-bond donors (Lipinski definition) is 2. The van der Waals surface area contributed by atoms with Crippen LogP contribution >= 0.6 is 11.3 Å². The van der Waals surface area contributed by atoms with Gasteiger partial charge in [-0.1, -0.05) is 36.4 Å². The van der Waals surface area contributed by atoms with E-state index in [1.807, 2.05) is 36.4 Å². The van der Waals surface area contributed by atoms with Crippen LogP contribution in [0.1, 0.15) is 16.9 Å². The molecular formula is C23H25N3O3S. The zero-order valence-electron chi connectivity index (χ0n) is 16.9. The van der Waals surface area contributed by atoms with Gasteiger partial charge in [-0.3, -0.25) is 14.5 Å². The predicted molar refractivity (Wildman–Crippen MR) is 118 cm³/mol. The van der Waals surface area contributed by atoms with Crippen LogP contribution in [0.5, 0.6) is 5.75 Å². The summed E-state index contributed by atoms with van der Waals surface area (Å²) in [6.45, 7) is 2.30. The maximum atomic E-state index is 12.6. The van der Waals surface area contributed by atoms with E-state index in [0.29, 0.717) is 26.2 Å². The van der Waals surface area contributed by atoms with Gasteiger partial charge in [0.2, 0.25) is 11.8 Å². The number of carbonyl (C=O) groups excluding carboxylic acids is 2. The number of carbonyl (C=O) groups is 2. The van der Waals surface area contributed by atoms with Gasteiger partial charge in [0, 0.05) is 34.8 Å². The van der Waals surface area contributed by atoms with E-state index in [2.05, 4.69) is 33.7 Å². The summed E-state index contributed by atoms with van der Waals surface area (Å²) >= 11 is 1.67. The molecular weight excluding hydrogens is 398 g/mol. The Morgan fingerprint density at radius 2 is 2.03 bits per heavy atom. The summed E-state index contributed by atoms with van der Waals surface area (Å²) in [4.78, 5) is 28.3. The van der Waals surface area contributed by atoms with Crippen molar-refractivity contribution in [3.63, 3.8) is 0 Å². The minimum Gasteiger partial charge on any atom is -0.496 e. The van der Waals surface area contributed by atoms with Crippen LogP contribution in [-0.4, -0.2) is 43.0 Å². The minimum absolute atomic E-state index is 0.104. The number of hydrogen-bond acceptors (Lipinski definition) is 5. The number of para-hydroxylation sites is 1. The average molecular weight is 424 g/mol. The first-order chi connectivity index (χ1) is 14.6. The molecule has 2 N–H and O–H groups in total. The van der Waals surface area contributed by atoms with Gasteiger partial charge in [0.15, 0.2) is 0 Å². The van der Waals surface area contributed by atoms with E-state index in [0.717, 1.165) is 16.2 Å². The van der Waals surface area contributed by atoms with E-state index in [4.69, 9.17) is 4.74 Å². The molecule has 7 heteroatoms. The van der Waals surface area contributed by atoms with Gasteiger partial charge < -0.3 is 15.4 Å². The van der Waals surface area contributed by atoms with Crippen LogP contribution in [-0.2, 0) is 22.7 Å². The fourth-order valence-electron chi connectivity index (χ4n) is 3.78. The molecule has 1 atom stereocenters. The third-order valence-corrected chi connectivity index (χ3v) is 6.44. The highest BCUT2D eigenvalue weighted by atomic mass is 32.1. The lowest BCUT2D eigenvalue weighted by atomic mass is 10.1. The highest BCUT2D eigenvalue weighted by Crippen LogP contribution is 2.25. The molecule has 2 heterocycles. The fraction of sp³-hybridized carbons (Fsp3) is 0.304. The number of amides is 2. The van der Waals surface area contributed by atoms with Crippen molar-refractivity contribution in [1.29, 1.82) is 0 Å². The Labute approximate surface area is 179 Å². The number of methoxy groups -OCH3 is 1. The minimum atomic E-state index is -0.494. The molecule has 30 heavy (non-hydrogen) atoms. The lowest BCUT2D eigenvalue weighted by Gasteiger charge is -2.35. The Balaban J connectivity index is 1.39. The molecule has 1 aromatic heterocycles. The number of nitrogens with zero attached hydrogens (tertiary/aromatic N) is 1. The molecule has 1 saturated heterocycles.